The van der Waals surface area contributed by atoms with Crippen LogP contribution < -0.4 is 0 Å². The molecule has 0 saturated heterocycles. The van der Waals surface area contributed by atoms with E-state index < -0.39 is 56.8 Å². The van der Waals surface area contributed by atoms with Crippen molar-refractivity contribution in [3.8, 4) is 0 Å². The maximum atomic E-state index is 11.9. The molecule has 0 radical (unpaired) electrons. The minimum absolute atomic E-state index is 0.0418. The first-order chi connectivity index (χ1) is 16.3. The highest BCUT2D eigenvalue weighted by atomic mass is 127. The molecule has 4 bridgehead atoms. The Balaban J connectivity index is 1.80. The maximum absolute atomic E-state index is 11.9. The van der Waals surface area contributed by atoms with Gasteiger partial charge in [-0.3, -0.25) is 10.1 Å². The number of alkyl halides is 8. The number of halogens is 13. The van der Waals surface area contributed by atoms with Gasteiger partial charge in [-0.15, -0.1) is 46.4 Å². The lowest BCUT2D eigenvalue weighted by molar-refractivity contribution is -0.385. The fourth-order valence-electron chi connectivity index (χ4n) is 7.05. The van der Waals surface area contributed by atoms with Crippen molar-refractivity contribution < 1.29 is 4.92 Å². The second-order valence-electron chi connectivity index (χ2n) is 9.45. The number of nitro benzene ring substituents is 1. The van der Waals surface area contributed by atoms with Crippen LogP contribution in [0.2, 0.25) is 0 Å². The van der Waals surface area contributed by atoms with Crippen LogP contribution in [-0.4, -0.2) is 33.1 Å². The third kappa shape index (κ3) is 2.51. The first-order valence-electron chi connectivity index (χ1n) is 9.93. The molecule has 2 fully saturated rings. The van der Waals surface area contributed by atoms with Crippen molar-refractivity contribution in [1.29, 1.82) is 0 Å². The fraction of sp³-hybridized carbons (Fsp3) is 0.500. The van der Waals surface area contributed by atoms with Crippen LogP contribution in [0.4, 0.5) is 5.69 Å². The van der Waals surface area contributed by atoms with E-state index in [2.05, 4.69) is 0 Å². The molecule has 0 aliphatic heterocycles. The maximum Gasteiger partial charge on any atom is 0.282 e. The molecule has 5 aliphatic rings. The van der Waals surface area contributed by atoms with Crippen molar-refractivity contribution in [3.05, 3.63) is 57.1 Å². The van der Waals surface area contributed by atoms with Crippen molar-refractivity contribution in [2.45, 2.75) is 40.0 Å². The van der Waals surface area contributed by atoms with Crippen molar-refractivity contribution in [2.24, 2.45) is 11.8 Å². The van der Waals surface area contributed by atoms with E-state index in [-0.39, 0.29) is 25.8 Å². The fourth-order valence-corrected chi connectivity index (χ4v) is 13.8. The second kappa shape index (κ2) is 7.82. The Bertz CT molecular complexity index is 1400. The quantitative estimate of drug-likeness (QED) is 0.122. The molecule has 1 aromatic rings. The SMILES string of the molecule is O=[N+]([O-])c1cc2c(cc1I)C1C(C3C2C2(Cl)C(Cl)=C(Cl)C3(Cl)C2(Cl)Cl)C2(Cl)C(Cl)=C(Cl)C1(Cl)C2(Cl)Cl. The first kappa shape index (κ1) is 28.4. The van der Waals surface area contributed by atoms with Gasteiger partial charge in [-0.25, -0.2) is 0 Å². The van der Waals surface area contributed by atoms with Crippen LogP contribution in [0, 0.1) is 25.5 Å². The Morgan fingerprint density at radius 2 is 1.00 bits per heavy atom. The molecule has 0 heterocycles. The van der Waals surface area contributed by atoms with Gasteiger partial charge in [0.15, 0.2) is 8.67 Å². The molecule has 0 spiro atoms. The number of nitro groups is 1. The highest BCUT2D eigenvalue weighted by Gasteiger charge is 2.91. The Morgan fingerprint density at radius 1 is 0.667 bits per heavy atom. The van der Waals surface area contributed by atoms with E-state index >= 15 is 0 Å². The van der Waals surface area contributed by atoms with Crippen LogP contribution in [0.5, 0.6) is 0 Å². The summed E-state index contributed by atoms with van der Waals surface area (Å²) in [5, 5.41) is 11.7. The van der Waals surface area contributed by atoms with Gasteiger partial charge in [0.1, 0.15) is 19.5 Å². The molecule has 3 nitrogen and oxygen atoms in total. The summed E-state index contributed by atoms with van der Waals surface area (Å²) in [5.41, 5.74) is 0.713. The third-order valence-electron chi connectivity index (χ3n) is 8.39. The lowest BCUT2D eigenvalue weighted by Crippen LogP contribution is -2.53. The minimum Gasteiger partial charge on any atom is -0.258 e. The Labute approximate surface area is 278 Å². The molecule has 8 atom stereocenters. The minimum atomic E-state index is -1.99. The normalized spacial score (nSPS) is 46.8. The van der Waals surface area contributed by atoms with E-state index in [4.69, 9.17) is 139 Å². The summed E-state index contributed by atoms with van der Waals surface area (Å²) in [6.45, 7) is 0. The summed E-state index contributed by atoms with van der Waals surface area (Å²) >= 11 is 85.2. The number of rotatable bonds is 1. The van der Waals surface area contributed by atoms with E-state index in [0.717, 1.165) is 0 Å². The molecule has 0 N–H and O–H groups in total. The molecule has 6 rings (SSSR count). The Morgan fingerprint density at radius 3 is 1.36 bits per heavy atom. The molecule has 2 saturated carbocycles. The van der Waals surface area contributed by atoms with Gasteiger partial charge in [0, 0.05) is 29.7 Å². The van der Waals surface area contributed by atoms with Gasteiger partial charge in [-0.1, -0.05) is 92.8 Å². The molecule has 0 aromatic heterocycles. The van der Waals surface area contributed by atoms with Crippen LogP contribution in [0.25, 0.3) is 0 Å². The standard InChI is InChI=1S/C20H6Cl12INO2/c21-11-13(23)17(27)9-7(15(11,25)19(17,29)30)3-1-5(33)6(34(35)36)2-4(3)8-10(9)18(28)14(24)12(22)16(8,26)20(18,31)32/h1-2,7-10H. The van der Waals surface area contributed by atoms with Gasteiger partial charge in [-0.2, -0.15) is 0 Å². The van der Waals surface area contributed by atoms with E-state index in [0.29, 0.717) is 14.7 Å². The molecule has 0 amide bonds. The average Bonchev–Trinajstić information content (AvgIpc) is 3.12. The number of benzene rings is 1. The molecule has 1 aromatic carbocycles. The summed E-state index contributed by atoms with van der Waals surface area (Å²) in [4.78, 5) is 4.26. The first-order valence-corrected chi connectivity index (χ1v) is 15.5. The predicted octanol–water partition coefficient (Wildman–Crippen LogP) is 10.3. The summed E-state index contributed by atoms with van der Waals surface area (Å²) in [5.74, 6) is -3.55. The molecule has 8 unspecified atom stereocenters. The van der Waals surface area contributed by atoms with Crippen molar-refractivity contribution in [1.82, 2.24) is 0 Å². The zero-order valence-corrected chi connectivity index (χ0v) is 27.9. The van der Waals surface area contributed by atoms with E-state index in [1.165, 1.54) is 6.07 Å². The smallest absolute Gasteiger partial charge is 0.258 e. The predicted molar refractivity (Wildman–Crippen MR) is 159 cm³/mol. The van der Waals surface area contributed by atoms with Crippen molar-refractivity contribution in [2.75, 3.05) is 0 Å². The largest absolute Gasteiger partial charge is 0.282 e. The monoisotopic (exact) mass is 839 g/mol. The van der Waals surface area contributed by atoms with Gasteiger partial charge in [0.25, 0.3) is 5.69 Å². The number of allylic oxidation sites excluding steroid dienone is 4. The number of hydrogen-bond acceptors (Lipinski definition) is 2. The van der Waals surface area contributed by atoms with Crippen LogP contribution in [-0.2, 0) is 0 Å². The van der Waals surface area contributed by atoms with Gasteiger partial charge >= 0.3 is 0 Å². The van der Waals surface area contributed by atoms with E-state index in [1.54, 1.807) is 6.07 Å². The van der Waals surface area contributed by atoms with Gasteiger partial charge in [0.2, 0.25) is 0 Å². The zero-order valence-electron chi connectivity index (χ0n) is 16.6. The van der Waals surface area contributed by atoms with Gasteiger partial charge in [0.05, 0.1) is 28.6 Å². The van der Waals surface area contributed by atoms with Crippen LogP contribution >= 0.6 is 162 Å². The molecular formula is C20H6Cl12INO2. The highest BCUT2D eigenvalue weighted by Crippen LogP contribution is 2.88. The Hall–Kier alpha value is 2.31. The zero-order chi connectivity index (χ0) is 26.9. The highest BCUT2D eigenvalue weighted by molar-refractivity contribution is 14.1. The molecular weight excluding hydrogens is 839 g/mol. The summed E-state index contributed by atoms with van der Waals surface area (Å²) in [6.07, 6.45) is 0. The van der Waals surface area contributed by atoms with E-state index in [1.807, 2.05) is 22.6 Å². The van der Waals surface area contributed by atoms with Gasteiger partial charge in [-0.05, 0) is 39.8 Å². The molecule has 194 valence electrons. The summed E-state index contributed by atoms with van der Waals surface area (Å²) < 4.78 is -3.63. The van der Waals surface area contributed by atoms with E-state index in [9.17, 15) is 10.1 Å². The number of nitrogens with zero attached hydrogens (tertiary/aromatic N) is 1. The van der Waals surface area contributed by atoms with Crippen LogP contribution in [0.1, 0.15) is 23.0 Å². The van der Waals surface area contributed by atoms with Crippen molar-refractivity contribution >= 4 is 167 Å². The van der Waals surface area contributed by atoms with Gasteiger partial charge < -0.3 is 0 Å². The average molecular weight is 845 g/mol. The summed E-state index contributed by atoms with van der Waals surface area (Å²) in [6, 6.07) is 2.99. The number of fused-ring (bicyclic) bond motifs is 14. The topological polar surface area (TPSA) is 43.1 Å². The Kier molecular flexibility index (Phi) is 6.18. The summed E-state index contributed by atoms with van der Waals surface area (Å²) in [7, 11) is 0. The van der Waals surface area contributed by atoms with Crippen LogP contribution in [0.15, 0.2) is 32.3 Å². The molecule has 16 heteroatoms. The molecule has 36 heavy (non-hydrogen) atoms. The molecule has 5 aliphatic carbocycles. The van der Waals surface area contributed by atoms with Crippen molar-refractivity contribution in [3.63, 3.8) is 0 Å². The van der Waals surface area contributed by atoms with Crippen LogP contribution in [0.3, 0.4) is 0 Å². The lowest BCUT2D eigenvalue weighted by Gasteiger charge is -2.52. The third-order valence-corrected chi connectivity index (χ3v) is 17.8. The number of hydrogen-bond donors (Lipinski definition) is 0. The lowest BCUT2D eigenvalue weighted by atomic mass is 9.57. The second-order valence-corrected chi connectivity index (χ2v) is 17.2.